The largest absolute Gasteiger partial charge is 0.492 e. The van der Waals surface area contributed by atoms with Crippen LogP contribution in [0.1, 0.15) is 37.3 Å². The Labute approximate surface area is 121 Å². The number of hydrogen-bond acceptors (Lipinski definition) is 1. The Morgan fingerprint density at radius 3 is 2.55 bits per heavy atom. The zero-order valence-corrected chi connectivity index (χ0v) is 12.1. The highest BCUT2D eigenvalue weighted by Gasteiger charge is 2.39. The highest BCUT2D eigenvalue weighted by atomic mass is 16.5. The van der Waals surface area contributed by atoms with Gasteiger partial charge in [0, 0.05) is 11.0 Å². The van der Waals surface area contributed by atoms with Crippen LogP contribution in [0.2, 0.25) is 0 Å². The molecule has 0 N–H and O–H groups in total. The number of para-hydroxylation sites is 1. The van der Waals surface area contributed by atoms with E-state index >= 15 is 0 Å². The van der Waals surface area contributed by atoms with E-state index in [1.54, 1.807) is 0 Å². The summed E-state index contributed by atoms with van der Waals surface area (Å²) in [7, 11) is 0. The van der Waals surface area contributed by atoms with Gasteiger partial charge in [0.2, 0.25) is 0 Å². The quantitative estimate of drug-likeness (QED) is 0.759. The van der Waals surface area contributed by atoms with Gasteiger partial charge >= 0.3 is 0 Å². The van der Waals surface area contributed by atoms with Gasteiger partial charge in [0.05, 0.1) is 6.61 Å². The van der Waals surface area contributed by atoms with Gasteiger partial charge in [-0.1, -0.05) is 68.3 Å². The second-order valence-corrected chi connectivity index (χ2v) is 5.83. The van der Waals surface area contributed by atoms with Gasteiger partial charge in [0.1, 0.15) is 5.75 Å². The molecule has 20 heavy (non-hydrogen) atoms. The van der Waals surface area contributed by atoms with Gasteiger partial charge in [-0.3, -0.25) is 0 Å². The van der Waals surface area contributed by atoms with Gasteiger partial charge in [-0.2, -0.15) is 0 Å². The fraction of sp³-hybridized carbons (Fsp3) is 0.368. The average molecular weight is 266 g/mol. The molecule has 1 aliphatic rings. The van der Waals surface area contributed by atoms with Crippen LogP contribution in [-0.4, -0.2) is 6.61 Å². The molecule has 1 heterocycles. The van der Waals surface area contributed by atoms with Crippen molar-refractivity contribution in [1.82, 2.24) is 0 Å². The van der Waals surface area contributed by atoms with E-state index in [0.29, 0.717) is 0 Å². The summed E-state index contributed by atoms with van der Waals surface area (Å²) in [5.41, 5.74) is 2.97. The van der Waals surface area contributed by atoms with Crippen LogP contribution in [0.15, 0.2) is 54.6 Å². The molecule has 0 aliphatic carbocycles. The fourth-order valence-corrected chi connectivity index (χ4v) is 3.27. The summed E-state index contributed by atoms with van der Waals surface area (Å²) >= 11 is 0. The van der Waals surface area contributed by atoms with Crippen LogP contribution in [0.3, 0.4) is 0 Å². The summed E-state index contributed by atoms with van der Waals surface area (Å²) < 4.78 is 5.98. The zero-order valence-electron chi connectivity index (χ0n) is 12.1. The zero-order chi connectivity index (χ0) is 13.8. The summed E-state index contributed by atoms with van der Waals surface area (Å²) in [5.74, 6) is 1.08. The molecule has 2 aromatic rings. The number of ether oxygens (including phenoxy) is 1. The Hall–Kier alpha value is -1.76. The van der Waals surface area contributed by atoms with E-state index in [1.165, 1.54) is 30.4 Å². The second-order valence-electron chi connectivity index (χ2n) is 5.83. The van der Waals surface area contributed by atoms with Crippen LogP contribution >= 0.6 is 0 Å². The molecular weight excluding hydrogens is 244 g/mol. The van der Waals surface area contributed by atoms with Crippen molar-refractivity contribution in [2.45, 2.75) is 38.0 Å². The van der Waals surface area contributed by atoms with Crippen molar-refractivity contribution in [2.75, 3.05) is 6.61 Å². The van der Waals surface area contributed by atoms with Gasteiger partial charge in [-0.05, 0) is 24.5 Å². The maximum absolute atomic E-state index is 5.98. The number of unbranched alkanes of at least 4 members (excludes halogenated alkanes) is 1. The molecule has 0 radical (unpaired) electrons. The lowest BCUT2D eigenvalue weighted by molar-refractivity contribution is 0.248. The Morgan fingerprint density at radius 2 is 1.75 bits per heavy atom. The van der Waals surface area contributed by atoms with Gasteiger partial charge in [-0.15, -0.1) is 0 Å². The van der Waals surface area contributed by atoms with Crippen molar-refractivity contribution < 1.29 is 4.74 Å². The molecule has 0 bridgehead atoms. The molecular formula is C19H22O. The first kappa shape index (κ1) is 13.2. The maximum atomic E-state index is 5.98. The molecule has 0 saturated carbocycles. The first-order valence-corrected chi connectivity index (χ1v) is 7.60. The van der Waals surface area contributed by atoms with Crippen molar-refractivity contribution in [2.24, 2.45) is 0 Å². The van der Waals surface area contributed by atoms with Crippen molar-refractivity contribution in [3.63, 3.8) is 0 Å². The highest BCUT2D eigenvalue weighted by molar-refractivity contribution is 5.44. The molecule has 0 unspecified atom stereocenters. The molecule has 0 amide bonds. The fourth-order valence-electron chi connectivity index (χ4n) is 3.27. The average Bonchev–Trinajstić information content (AvgIpc) is 2.86. The van der Waals surface area contributed by atoms with Crippen LogP contribution in [0, 0.1) is 0 Å². The van der Waals surface area contributed by atoms with E-state index in [2.05, 4.69) is 61.5 Å². The smallest absolute Gasteiger partial charge is 0.123 e. The minimum absolute atomic E-state index is 0.161. The number of hydrogen-bond donors (Lipinski definition) is 0. The number of benzene rings is 2. The monoisotopic (exact) mass is 266 g/mol. The third-order valence-corrected chi connectivity index (χ3v) is 4.36. The minimum atomic E-state index is 0.161. The SMILES string of the molecule is CCCC[C@@]1(Cc2ccccc2)COc2ccccc21. The molecule has 1 nitrogen and oxygen atoms in total. The van der Waals surface area contributed by atoms with Crippen LogP contribution < -0.4 is 4.74 Å². The molecule has 0 aromatic heterocycles. The van der Waals surface area contributed by atoms with Crippen LogP contribution in [0.25, 0.3) is 0 Å². The second kappa shape index (κ2) is 5.70. The molecule has 0 saturated heterocycles. The molecule has 2 aromatic carbocycles. The Bertz CT molecular complexity index is 561. The van der Waals surface area contributed by atoms with E-state index in [1.807, 2.05) is 0 Å². The lowest BCUT2D eigenvalue weighted by atomic mass is 9.73. The molecule has 0 spiro atoms. The van der Waals surface area contributed by atoms with E-state index in [4.69, 9.17) is 4.74 Å². The molecule has 1 heteroatoms. The summed E-state index contributed by atoms with van der Waals surface area (Å²) in [5, 5.41) is 0. The van der Waals surface area contributed by atoms with Crippen molar-refractivity contribution in [3.8, 4) is 5.75 Å². The van der Waals surface area contributed by atoms with Gasteiger partial charge in [-0.25, -0.2) is 0 Å². The minimum Gasteiger partial charge on any atom is -0.492 e. The molecule has 1 atom stereocenters. The first-order valence-electron chi connectivity index (χ1n) is 7.60. The van der Waals surface area contributed by atoms with Crippen LogP contribution in [0.4, 0.5) is 0 Å². The van der Waals surface area contributed by atoms with E-state index in [0.717, 1.165) is 18.8 Å². The van der Waals surface area contributed by atoms with E-state index in [9.17, 15) is 0 Å². The number of rotatable bonds is 5. The third kappa shape index (κ3) is 2.45. The summed E-state index contributed by atoms with van der Waals surface area (Å²) in [6.45, 7) is 3.08. The molecule has 0 fully saturated rings. The molecule has 1 aliphatic heterocycles. The van der Waals surface area contributed by atoms with Crippen LogP contribution in [-0.2, 0) is 11.8 Å². The van der Waals surface area contributed by atoms with Gasteiger partial charge < -0.3 is 4.74 Å². The Kier molecular flexibility index (Phi) is 3.77. The normalized spacial score (nSPS) is 20.4. The Morgan fingerprint density at radius 1 is 1.00 bits per heavy atom. The predicted molar refractivity (Wildman–Crippen MR) is 83.3 cm³/mol. The summed E-state index contributed by atoms with van der Waals surface area (Å²) in [6.07, 6.45) is 4.77. The van der Waals surface area contributed by atoms with Gasteiger partial charge in [0.15, 0.2) is 0 Å². The predicted octanol–water partition coefficient (Wildman–Crippen LogP) is 4.75. The van der Waals surface area contributed by atoms with Crippen LogP contribution in [0.5, 0.6) is 5.75 Å². The van der Waals surface area contributed by atoms with Crippen molar-refractivity contribution in [1.29, 1.82) is 0 Å². The highest BCUT2D eigenvalue weighted by Crippen LogP contribution is 2.44. The topological polar surface area (TPSA) is 9.23 Å². The molecule has 104 valence electrons. The Balaban J connectivity index is 1.94. The molecule has 3 rings (SSSR count). The van der Waals surface area contributed by atoms with Gasteiger partial charge in [0.25, 0.3) is 0 Å². The van der Waals surface area contributed by atoms with Crippen molar-refractivity contribution >= 4 is 0 Å². The number of fused-ring (bicyclic) bond motifs is 1. The lowest BCUT2D eigenvalue weighted by Crippen LogP contribution is -2.30. The summed E-state index contributed by atoms with van der Waals surface area (Å²) in [4.78, 5) is 0. The van der Waals surface area contributed by atoms with Crippen molar-refractivity contribution in [3.05, 3.63) is 65.7 Å². The first-order chi connectivity index (χ1) is 9.84. The standard InChI is InChI=1S/C19H22O/c1-2-3-13-19(14-16-9-5-4-6-10-16)15-20-18-12-8-7-11-17(18)19/h4-12H,2-3,13-15H2,1H3/t19-/m1/s1. The lowest BCUT2D eigenvalue weighted by Gasteiger charge is -2.28. The van der Waals surface area contributed by atoms with E-state index < -0.39 is 0 Å². The third-order valence-electron chi connectivity index (χ3n) is 4.36. The van der Waals surface area contributed by atoms with E-state index in [-0.39, 0.29) is 5.41 Å². The summed E-state index contributed by atoms with van der Waals surface area (Å²) in [6, 6.07) is 19.4. The maximum Gasteiger partial charge on any atom is 0.123 e.